The van der Waals surface area contributed by atoms with E-state index in [4.69, 9.17) is 11.5 Å². The SMILES string of the molecule is Cc1c(N2CC[C@H](N)C2)c(F)cc2c(CN)cc(=O)n(C(C)C)c12. The molecule has 0 amide bonds. The largest absolute Gasteiger partial charge is 0.367 e. The summed E-state index contributed by atoms with van der Waals surface area (Å²) >= 11 is 0. The number of aromatic nitrogens is 1. The molecule has 0 unspecified atom stereocenters. The first-order chi connectivity index (χ1) is 11.3. The lowest BCUT2D eigenvalue weighted by Crippen LogP contribution is -2.29. The lowest BCUT2D eigenvalue weighted by molar-refractivity contribution is 0.594. The zero-order chi connectivity index (χ0) is 17.6. The zero-order valence-electron chi connectivity index (χ0n) is 14.5. The van der Waals surface area contributed by atoms with E-state index >= 15 is 0 Å². The number of hydrogen-bond acceptors (Lipinski definition) is 4. The third kappa shape index (κ3) is 2.59. The molecule has 0 aliphatic carbocycles. The Kier molecular flexibility index (Phi) is 4.36. The summed E-state index contributed by atoms with van der Waals surface area (Å²) in [5.74, 6) is -0.280. The van der Waals surface area contributed by atoms with Gasteiger partial charge in [-0.05, 0) is 44.4 Å². The Balaban J connectivity index is 2.37. The normalized spacial score (nSPS) is 18.1. The predicted octanol–water partition coefficient (Wildman–Crippen LogP) is 2.03. The zero-order valence-corrected chi connectivity index (χ0v) is 14.5. The van der Waals surface area contributed by atoms with Crippen LogP contribution in [-0.2, 0) is 6.54 Å². The van der Waals surface area contributed by atoms with E-state index in [0.29, 0.717) is 23.2 Å². The molecule has 2 aromatic rings. The molecule has 0 spiro atoms. The van der Waals surface area contributed by atoms with Crippen molar-refractivity contribution in [1.82, 2.24) is 4.57 Å². The van der Waals surface area contributed by atoms with Crippen LogP contribution in [-0.4, -0.2) is 23.7 Å². The Bertz CT molecular complexity index is 843. The van der Waals surface area contributed by atoms with E-state index in [-0.39, 0.29) is 30.0 Å². The fourth-order valence-corrected chi connectivity index (χ4v) is 3.78. The second-order valence-electron chi connectivity index (χ2n) is 6.90. The summed E-state index contributed by atoms with van der Waals surface area (Å²) in [7, 11) is 0. The molecule has 1 aliphatic heterocycles. The van der Waals surface area contributed by atoms with Crippen molar-refractivity contribution in [1.29, 1.82) is 0 Å². The van der Waals surface area contributed by atoms with E-state index in [1.54, 1.807) is 4.57 Å². The predicted molar refractivity (Wildman–Crippen MR) is 96.0 cm³/mol. The minimum atomic E-state index is -0.280. The summed E-state index contributed by atoms with van der Waals surface area (Å²) in [5.41, 5.74) is 14.5. The van der Waals surface area contributed by atoms with E-state index in [1.807, 2.05) is 25.7 Å². The molecule has 3 rings (SSSR count). The van der Waals surface area contributed by atoms with Crippen molar-refractivity contribution in [2.24, 2.45) is 11.5 Å². The Morgan fingerprint density at radius 2 is 2.08 bits per heavy atom. The Morgan fingerprint density at radius 1 is 1.38 bits per heavy atom. The fourth-order valence-electron chi connectivity index (χ4n) is 3.78. The van der Waals surface area contributed by atoms with Crippen LogP contribution in [0.5, 0.6) is 0 Å². The number of pyridine rings is 1. The van der Waals surface area contributed by atoms with E-state index in [0.717, 1.165) is 24.0 Å². The van der Waals surface area contributed by atoms with Crippen molar-refractivity contribution in [2.75, 3.05) is 18.0 Å². The first kappa shape index (κ1) is 16.9. The van der Waals surface area contributed by atoms with Gasteiger partial charge in [0.2, 0.25) is 0 Å². The van der Waals surface area contributed by atoms with Crippen LogP contribution in [0.3, 0.4) is 0 Å². The number of anilines is 1. The maximum Gasteiger partial charge on any atom is 0.251 e. The highest BCUT2D eigenvalue weighted by Gasteiger charge is 2.26. The van der Waals surface area contributed by atoms with Crippen molar-refractivity contribution in [3.63, 3.8) is 0 Å². The second-order valence-corrected chi connectivity index (χ2v) is 6.90. The summed E-state index contributed by atoms with van der Waals surface area (Å²) in [5, 5.41) is 0.716. The highest BCUT2D eigenvalue weighted by Crippen LogP contribution is 2.34. The van der Waals surface area contributed by atoms with Gasteiger partial charge in [0.25, 0.3) is 5.56 Å². The molecule has 0 saturated carbocycles. The van der Waals surface area contributed by atoms with Gasteiger partial charge in [0, 0.05) is 43.2 Å². The molecule has 2 heterocycles. The molecule has 130 valence electrons. The number of hydrogen-bond donors (Lipinski definition) is 2. The maximum absolute atomic E-state index is 14.9. The number of nitrogens with zero attached hydrogens (tertiary/aromatic N) is 2. The molecule has 0 bridgehead atoms. The summed E-state index contributed by atoms with van der Waals surface area (Å²) in [6, 6.07) is 3.07. The van der Waals surface area contributed by atoms with Crippen LogP contribution in [0.1, 0.15) is 37.4 Å². The van der Waals surface area contributed by atoms with Gasteiger partial charge in [-0.3, -0.25) is 4.79 Å². The first-order valence-electron chi connectivity index (χ1n) is 8.43. The van der Waals surface area contributed by atoms with Crippen molar-refractivity contribution in [2.45, 2.75) is 45.8 Å². The number of nitrogens with two attached hydrogens (primary N) is 2. The van der Waals surface area contributed by atoms with Gasteiger partial charge in [0.15, 0.2) is 0 Å². The van der Waals surface area contributed by atoms with E-state index in [9.17, 15) is 9.18 Å². The van der Waals surface area contributed by atoms with Gasteiger partial charge < -0.3 is 20.9 Å². The van der Waals surface area contributed by atoms with Crippen LogP contribution >= 0.6 is 0 Å². The van der Waals surface area contributed by atoms with Crippen LogP contribution in [0.25, 0.3) is 10.9 Å². The van der Waals surface area contributed by atoms with Crippen LogP contribution in [0.2, 0.25) is 0 Å². The number of fused-ring (bicyclic) bond motifs is 1. The monoisotopic (exact) mass is 332 g/mol. The molecule has 24 heavy (non-hydrogen) atoms. The Morgan fingerprint density at radius 3 is 2.62 bits per heavy atom. The average molecular weight is 332 g/mol. The molecule has 1 aromatic carbocycles. The highest BCUT2D eigenvalue weighted by atomic mass is 19.1. The third-order valence-electron chi connectivity index (χ3n) is 4.86. The second kappa shape index (κ2) is 6.18. The molecule has 1 aromatic heterocycles. The first-order valence-corrected chi connectivity index (χ1v) is 8.43. The average Bonchev–Trinajstić information content (AvgIpc) is 2.93. The molecule has 4 N–H and O–H groups in total. The van der Waals surface area contributed by atoms with Gasteiger partial charge >= 0.3 is 0 Å². The van der Waals surface area contributed by atoms with Crippen molar-refractivity contribution in [3.8, 4) is 0 Å². The molecule has 6 heteroatoms. The topological polar surface area (TPSA) is 77.3 Å². The van der Waals surface area contributed by atoms with Crippen LogP contribution in [0.4, 0.5) is 10.1 Å². The van der Waals surface area contributed by atoms with Crippen LogP contribution in [0.15, 0.2) is 16.9 Å². The molecular formula is C18H25FN4O. The third-order valence-corrected chi connectivity index (χ3v) is 4.86. The van der Waals surface area contributed by atoms with Crippen molar-refractivity contribution < 1.29 is 4.39 Å². The standard InChI is InChI=1S/C18H25FN4O/c1-10(2)23-16(24)6-12(8-20)14-7-15(19)18(11(3)17(14)23)22-5-4-13(21)9-22/h6-7,10,13H,4-5,8-9,20-21H2,1-3H3/t13-/m0/s1. The Labute approximate surface area is 141 Å². The molecule has 0 radical (unpaired) electrons. The number of halogens is 1. The number of rotatable bonds is 3. The summed E-state index contributed by atoms with van der Waals surface area (Å²) in [4.78, 5) is 14.5. The van der Waals surface area contributed by atoms with Gasteiger partial charge in [-0.25, -0.2) is 4.39 Å². The molecule has 5 nitrogen and oxygen atoms in total. The summed E-state index contributed by atoms with van der Waals surface area (Å²) in [6.07, 6.45) is 0.844. The van der Waals surface area contributed by atoms with E-state index in [2.05, 4.69) is 0 Å². The smallest absolute Gasteiger partial charge is 0.251 e. The van der Waals surface area contributed by atoms with Crippen molar-refractivity contribution in [3.05, 3.63) is 39.4 Å². The summed E-state index contributed by atoms with van der Waals surface area (Å²) < 4.78 is 16.6. The number of benzene rings is 1. The Hall–Kier alpha value is -1.92. The quantitative estimate of drug-likeness (QED) is 0.901. The van der Waals surface area contributed by atoms with Gasteiger partial charge in [-0.1, -0.05) is 0 Å². The number of aryl methyl sites for hydroxylation is 1. The van der Waals surface area contributed by atoms with Gasteiger partial charge in [-0.2, -0.15) is 0 Å². The summed E-state index contributed by atoms with van der Waals surface area (Å²) in [6.45, 7) is 7.35. The lowest BCUT2D eigenvalue weighted by atomic mass is 10.0. The maximum atomic E-state index is 14.9. The highest BCUT2D eigenvalue weighted by molar-refractivity contribution is 5.90. The minimum absolute atomic E-state index is 0.0235. The molecule has 1 aliphatic rings. The molecule has 1 fully saturated rings. The van der Waals surface area contributed by atoms with E-state index in [1.165, 1.54) is 12.1 Å². The minimum Gasteiger partial charge on any atom is -0.367 e. The van der Waals surface area contributed by atoms with Crippen molar-refractivity contribution >= 4 is 16.6 Å². The van der Waals surface area contributed by atoms with Gasteiger partial charge in [0.1, 0.15) is 5.82 Å². The van der Waals surface area contributed by atoms with Crippen LogP contribution in [0, 0.1) is 12.7 Å². The van der Waals surface area contributed by atoms with E-state index < -0.39 is 0 Å². The molecule has 1 saturated heterocycles. The molecule has 1 atom stereocenters. The van der Waals surface area contributed by atoms with Crippen LogP contribution < -0.4 is 21.9 Å². The lowest BCUT2D eigenvalue weighted by Gasteiger charge is -2.25. The fraction of sp³-hybridized carbons (Fsp3) is 0.500. The molecular weight excluding hydrogens is 307 g/mol. The van der Waals surface area contributed by atoms with Gasteiger partial charge in [0.05, 0.1) is 11.2 Å². The van der Waals surface area contributed by atoms with Gasteiger partial charge in [-0.15, -0.1) is 0 Å².